The second-order valence-corrected chi connectivity index (χ2v) is 7.48. The summed E-state index contributed by atoms with van der Waals surface area (Å²) in [7, 11) is 0. The van der Waals surface area contributed by atoms with Crippen molar-refractivity contribution in [1.82, 2.24) is 29.4 Å². The Hall–Kier alpha value is -3.48. The Labute approximate surface area is 186 Å². The molecule has 1 aliphatic heterocycles. The number of piperazine rings is 1. The third kappa shape index (κ3) is 5.30. The normalized spacial score (nSPS) is 14.8. The van der Waals surface area contributed by atoms with E-state index in [-0.39, 0.29) is 30.4 Å². The van der Waals surface area contributed by atoms with Crippen LogP contribution in [0.1, 0.15) is 12.0 Å². The number of nitrogens with one attached hydrogen (secondary N) is 1. The van der Waals surface area contributed by atoms with Crippen LogP contribution >= 0.6 is 0 Å². The van der Waals surface area contributed by atoms with Gasteiger partial charge in [-0.25, -0.2) is 15.0 Å². The Kier molecular flexibility index (Phi) is 6.58. The zero-order chi connectivity index (χ0) is 23.4. The first-order valence-electron chi connectivity index (χ1n) is 10.3. The summed E-state index contributed by atoms with van der Waals surface area (Å²) in [6.07, 6.45) is 0.397. The fourth-order valence-corrected chi connectivity index (χ4v) is 3.56. The second kappa shape index (κ2) is 9.57. The molecule has 13 heteroatoms. The number of aromatic amines is 1. The Morgan fingerprint density at radius 3 is 2.52 bits per heavy atom. The Bertz CT molecular complexity index is 1150. The molecule has 4 rings (SSSR count). The van der Waals surface area contributed by atoms with E-state index in [1.165, 1.54) is 6.33 Å². The topological polar surface area (TPSA) is 109 Å². The zero-order valence-electron chi connectivity index (χ0n) is 17.6. The Morgan fingerprint density at radius 1 is 1.09 bits per heavy atom. The molecule has 1 amide bonds. The quantitative estimate of drug-likeness (QED) is 0.524. The maximum absolute atomic E-state index is 12.6. The number of rotatable bonds is 7. The molecule has 1 fully saturated rings. The number of aromatic nitrogens is 5. The molecule has 33 heavy (non-hydrogen) atoms. The lowest BCUT2D eigenvalue weighted by Crippen LogP contribution is -2.49. The highest BCUT2D eigenvalue weighted by molar-refractivity contribution is 5.76. The van der Waals surface area contributed by atoms with Gasteiger partial charge in [0.15, 0.2) is 0 Å². The number of H-pyrrole nitrogens is 1. The van der Waals surface area contributed by atoms with Gasteiger partial charge in [0.05, 0.1) is 36.9 Å². The molecule has 0 radical (unpaired) electrons. The van der Waals surface area contributed by atoms with E-state index >= 15 is 0 Å². The van der Waals surface area contributed by atoms with Gasteiger partial charge in [0, 0.05) is 51.3 Å². The van der Waals surface area contributed by atoms with Crippen LogP contribution in [0.15, 0.2) is 35.8 Å². The molecule has 0 bridgehead atoms. The molecule has 1 N–H and O–H groups in total. The predicted octanol–water partition coefficient (Wildman–Crippen LogP) is 1.29. The Balaban J connectivity index is 1.17. The number of carbonyl (C=O) groups is 1. The third-order valence-electron chi connectivity index (χ3n) is 5.38. The van der Waals surface area contributed by atoms with Crippen molar-refractivity contribution in [2.45, 2.75) is 19.1 Å². The number of carbonyl (C=O) groups excluding carboxylic acids is 1. The highest BCUT2D eigenvalue weighted by Gasteiger charge is 2.32. The van der Waals surface area contributed by atoms with Crippen molar-refractivity contribution in [2.24, 2.45) is 0 Å². The van der Waals surface area contributed by atoms with Gasteiger partial charge >= 0.3 is 6.18 Å². The zero-order valence-corrected chi connectivity index (χ0v) is 17.6. The van der Waals surface area contributed by atoms with Crippen LogP contribution in [0, 0.1) is 0 Å². The van der Waals surface area contributed by atoms with Crippen LogP contribution in [0.5, 0.6) is 0 Å². The molecular formula is C20H22F3N7O3. The van der Waals surface area contributed by atoms with Crippen LogP contribution in [-0.2, 0) is 22.3 Å². The van der Waals surface area contributed by atoms with E-state index in [0.29, 0.717) is 50.4 Å². The number of nitrogens with zero attached hydrogens (tertiary/aromatic N) is 6. The smallest absolute Gasteiger partial charge is 0.379 e. The van der Waals surface area contributed by atoms with Crippen LogP contribution in [0.2, 0.25) is 0 Å². The lowest BCUT2D eigenvalue weighted by atomic mass is 10.3. The van der Waals surface area contributed by atoms with Gasteiger partial charge in [0.1, 0.15) is 5.65 Å². The number of hydrogen-bond acceptors (Lipinski definition) is 7. The molecule has 176 valence electrons. The molecule has 0 spiro atoms. The number of ether oxygens (including phenoxy) is 1. The number of hydrogen-bond donors (Lipinski definition) is 1. The second-order valence-electron chi connectivity index (χ2n) is 7.48. The first-order valence-corrected chi connectivity index (χ1v) is 10.3. The van der Waals surface area contributed by atoms with Gasteiger partial charge in [-0.05, 0) is 6.07 Å². The van der Waals surface area contributed by atoms with Crippen molar-refractivity contribution in [3.63, 3.8) is 0 Å². The molecule has 0 aromatic carbocycles. The molecule has 0 atom stereocenters. The minimum absolute atomic E-state index is 0.0531. The number of halogens is 3. The lowest BCUT2D eigenvalue weighted by Gasteiger charge is -2.34. The highest BCUT2D eigenvalue weighted by Crippen LogP contribution is 2.28. The van der Waals surface area contributed by atoms with Gasteiger partial charge in [-0.1, -0.05) is 0 Å². The van der Waals surface area contributed by atoms with E-state index in [0.717, 1.165) is 12.4 Å². The van der Waals surface area contributed by atoms with Crippen molar-refractivity contribution < 1.29 is 22.7 Å². The van der Waals surface area contributed by atoms with E-state index in [1.54, 1.807) is 22.1 Å². The summed E-state index contributed by atoms with van der Waals surface area (Å²) in [5, 5.41) is 0.508. The monoisotopic (exact) mass is 465 g/mol. The van der Waals surface area contributed by atoms with E-state index < -0.39 is 11.7 Å². The molecule has 1 saturated heterocycles. The SMILES string of the molecule is O=C(CCOCCn1ccc2c(=O)[nH]cnc21)N1CCN(c2ncc(C(F)(F)F)cn2)CC1. The predicted molar refractivity (Wildman–Crippen MR) is 112 cm³/mol. The van der Waals surface area contributed by atoms with Crippen LogP contribution < -0.4 is 10.5 Å². The fourth-order valence-electron chi connectivity index (χ4n) is 3.56. The first kappa shape index (κ1) is 22.7. The van der Waals surface area contributed by atoms with Gasteiger partial charge < -0.3 is 24.1 Å². The Morgan fingerprint density at radius 2 is 1.82 bits per heavy atom. The van der Waals surface area contributed by atoms with Crippen LogP contribution in [0.3, 0.4) is 0 Å². The van der Waals surface area contributed by atoms with Gasteiger partial charge in [0.25, 0.3) is 5.56 Å². The van der Waals surface area contributed by atoms with Gasteiger partial charge in [0.2, 0.25) is 11.9 Å². The van der Waals surface area contributed by atoms with E-state index in [2.05, 4.69) is 19.9 Å². The van der Waals surface area contributed by atoms with Crippen molar-refractivity contribution in [3.8, 4) is 0 Å². The molecule has 0 unspecified atom stereocenters. The standard InChI is InChI=1S/C20H22F3N7O3/c21-20(22,23)14-11-24-19(25-12-14)30-6-4-28(5-7-30)16(31)2-9-33-10-8-29-3-1-15-17(29)26-13-27-18(15)32/h1,3,11-13H,2,4-10H2,(H,26,27,32). The molecule has 0 aliphatic carbocycles. The van der Waals surface area contributed by atoms with Gasteiger partial charge in [-0.3, -0.25) is 9.59 Å². The first-order chi connectivity index (χ1) is 15.8. The average Bonchev–Trinajstić information content (AvgIpc) is 3.23. The third-order valence-corrected chi connectivity index (χ3v) is 5.38. The fraction of sp³-hybridized carbons (Fsp3) is 0.450. The van der Waals surface area contributed by atoms with E-state index in [4.69, 9.17) is 4.74 Å². The molecule has 10 nitrogen and oxygen atoms in total. The van der Waals surface area contributed by atoms with Crippen molar-refractivity contribution in [2.75, 3.05) is 44.3 Å². The van der Waals surface area contributed by atoms with E-state index in [1.807, 2.05) is 4.57 Å². The summed E-state index contributed by atoms with van der Waals surface area (Å²) in [5.74, 6) is 0.162. The summed E-state index contributed by atoms with van der Waals surface area (Å²) in [5.41, 5.74) is -0.515. The molecule has 4 heterocycles. The van der Waals surface area contributed by atoms with Crippen molar-refractivity contribution in [1.29, 1.82) is 0 Å². The maximum Gasteiger partial charge on any atom is 0.419 e. The van der Waals surface area contributed by atoms with Crippen LogP contribution in [0.4, 0.5) is 19.1 Å². The van der Waals surface area contributed by atoms with Crippen LogP contribution in [-0.4, -0.2) is 74.7 Å². The number of amides is 1. The summed E-state index contributed by atoms with van der Waals surface area (Å²) in [6.45, 7) is 2.85. The summed E-state index contributed by atoms with van der Waals surface area (Å²) in [6, 6.07) is 1.69. The minimum atomic E-state index is -4.47. The summed E-state index contributed by atoms with van der Waals surface area (Å²) < 4.78 is 45.3. The summed E-state index contributed by atoms with van der Waals surface area (Å²) in [4.78, 5) is 41.9. The maximum atomic E-state index is 12.6. The number of fused-ring (bicyclic) bond motifs is 1. The van der Waals surface area contributed by atoms with Gasteiger partial charge in [-0.15, -0.1) is 0 Å². The molecule has 0 saturated carbocycles. The van der Waals surface area contributed by atoms with Crippen molar-refractivity contribution in [3.05, 3.63) is 46.9 Å². The molecular weight excluding hydrogens is 443 g/mol. The molecule has 1 aliphatic rings. The molecule has 3 aromatic heterocycles. The number of alkyl halides is 3. The minimum Gasteiger partial charge on any atom is -0.379 e. The lowest BCUT2D eigenvalue weighted by molar-refractivity contribution is -0.138. The largest absolute Gasteiger partial charge is 0.419 e. The van der Waals surface area contributed by atoms with Crippen LogP contribution in [0.25, 0.3) is 11.0 Å². The van der Waals surface area contributed by atoms with Crippen molar-refractivity contribution >= 4 is 22.9 Å². The molecule has 3 aromatic rings. The van der Waals surface area contributed by atoms with Gasteiger partial charge in [-0.2, -0.15) is 13.2 Å². The van der Waals surface area contributed by atoms with E-state index in [9.17, 15) is 22.8 Å². The number of anilines is 1. The average molecular weight is 465 g/mol. The highest BCUT2D eigenvalue weighted by atomic mass is 19.4. The summed E-state index contributed by atoms with van der Waals surface area (Å²) >= 11 is 0.